The molecule has 1 fully saturated rings. The van der Waals surface area contributed by atoms with Crippen LogP contribution in [-0.2, 0) is 25.2 Å². The number of benzene rings is 1. The number of fused-ring (bicyclic) bond motifs is 2. The molecule has 1 aliphatic carbocycles. The van der Waals surface area contributed by atoms with Gasteiger partial charge in [-0.2, -0.15) is 0 Å². The maximum Gasteiger partial charge on any atom is 0.321 e. The molecule has 2 N–H and O–H groups in total. The van der Waals surface area contributed by atoms with E-state index in [0.717, 1.165) is 30.5 Å². The Morgan fingerprint density at radius 3 is 2.34 bits per heavy atom. The van der Waals surface area contributed by atoms with Gasteiger partial charge in [0.05, 0.1) is 16.8 Å². The predicted octanol–water partition coefficient (Wildman–Crippen LogP) is 3.64. The highest BCUT2D eigenvalue weighted by Gasteiger charge is 2.48. The molecule has 1 spiro atoms. The third-order valence-electron chi connectivity index (χ3n) is 8.05. The molecule has 0 unspecified atom stereocenters. The van der Waals surface area contributed by atoms with Gasteiger partial charge in [0.15, 0.2) is 0 Å². The molecule has 5 rings (SSSR count). The molecule has 10 nitrogen and oxygen atoms in total. The summed E-state index contributed by atoms with van der Waals surface area (Å²) in [6.07, 6.45) is 4.35. The Morgan fingerprint density at radius 1 is 1.00 bits per heavy atom. The van der Waals surface area contributed by atoms with E-state index >= 15 is 4.39 Å². The zero-order valence-corrected chi connectivity index (χ0v) is 23.9. The summed E-state index contributed by atoms with van der Waals surface area (Å²) in [5.74, 6) is -0.926. The van der Waals surface area contributed by atoms with Crippen molar-refractivity contribution in [3.63, 3.8) is 0 Å². The molecule has 3 aromatic rings. The number of nitrogens with zero attached hydrogens (tertiary/aromatic N) is 5. The van der Waals surface area contributed by atoms with Gasteiger partial charge in [-0.1, -0.05) is 12.1 Å². The van der Waals surface area contributed by atoms with Crippen LogP contribution in [0.5, 0.6) is 0 Å². The van der Waals surface area contributed by atoms with Gasteiger partial charge in [-0.25, -0.2) is 9.18 Å². The largest absolute Gasteiger partial charge is 0.347 e. The molecular weight excluding hydrogens is 525 g/mol. The minimum absolute atomic E-state index is 0.155. The van der Waals surface area contributed by atoms with Crippen LogP contribution in [0, 0.1) is 5.82 Å². The minimum Gasteiger partial charge on any atom is -0.347 e. The smallest absolute Gasteiger partial charge is 0.321 e. The predicted molar refractivity (Wildman–Crippen MR) is 153 cm³/mol. The number of carbonyl (C=O) groups excluding carboxylic acids is 3. The lowest BCUT2D eigenvalue weighted by atomic mass is 9.71. The zero-order valence-electron chi connectivity index (χ0n) is 23.9. The summed E-state index contributed by atoms with van der Waals surface area (Å²) < 4.78 is 17.1. The Balaban J connectivity index is 1.26. The third kappa shape index (κ3) is 5.54. The summed E-state index contributed by atoms with van der Waals surface area (Å²) in [4.78, 5) is 46.7. The van der Waals surface area contributed by atoms with Crippen molar-refractivity contribution in [1.29, 1.82) is 0 Å². The van der Waals surface area contributed by atoms with E-state index in [4.69, 9.17) is 0 Å². The Labute approximate surface area is 239 Å². The van der Waals surface area contributed by atoms with Crippen molar-refractivity contribution in [2.45, 2.75) is 44.4 Å². The fourth-order valence-electron chi connectivity index (χ4n) is 5.58. The van der Waals surface area contributed by atoms with Crippen molar-refractivity contribution in [3.8, 4) is 0 Å². The molecule has 2 aromatic heterocycles. The minimum atomic E-state index is -0.485. The standard InChI is InChI=1S/C30H36FN7O3/c1-35(2)28(40)21-16-23(31)24(32-18-21)19-37-14-15-38-25(10-11-26(38)30(37)12-5-13-30)27(39)33-17-20-6-8-22(9-7-20)34-29(41)36(3)4/h6-11,16,18H,5,12-15,17,19H2,1-4H3,(H,33,39)(H,34,41). The highest BCUT2D eigenvalue weighted by Crippen LogP contribution is 2.49. The number of urea groups is 1. The van der Waals surface area contributed by atoms with E-state index < -0.39 is 5.82 Å². The van der Waals surface area contributed by atoms with Gasteiger partial charge in [-0.05, 0) is 55.2 Å². The Kier molecular flexibility index (Phi) is 7.81. The molecule has 1 saturated carbocycles. The molecule has 0 saturated heterocycles. The third-order valence-corrected chi connectivity index (χ3v) is 8.05. The van der Waals surface area contributed by atoms with Crippen LogP contribution in [-0.4, -0.2) is 76.8 Å². The van der Waals surface area contributed by atoms with Crippen LogP contribution in [0.4, 0.5) is 14.9 Å². The summed E-state index contributed by atoms with van der Waals surface area (Å²) in [6.45, 7) is 1.95. The molecule has 1 aromatic carbocycles. The van der Waals surface area contributed by atoms with Gasteiger partial charge in [-0.3, -0.25) is 19.5 Å². The first kappa shape index (κ1) is 28.3. The topological polar surface area (TPSA) is 103 Å². The van der Waals surface area contributed by atoms with Gasteiger partial charge in [0, 0.05) is 71.9 Å². The van der Waals surface area contributed by atoms with Gasteiger partial charge in [0.25, 0.3) is 11.8 Å². The first-order chi connectivity index (χ1) is 19.6. The fraction of sp³-hybridized carbons (Fsp3) is 0.400. The molecule has 0 radical (unpaired) electrons. The van der Waals surface area contributed by atoms with Gasteiger partial charge >= 0.3 is 6.03 Å². The number of amides is 4. The number of carbonyl (C=O) groups is 3. The summed E-state index contributed by atoms with van der Waals surface area (Å²) in [5.41, 5.74) is 3.55. The number of aromatic nitrogens is 2. The van der Waals surface area contributed by atoms with Crippen LogP contribution in [0.25, 0.3) is 0 Å². The molecule has 1 aliphatic heterocycles. The van der Waals surface area contributed by atoms with E-state index in [1.165, 1.54) is 22.1 Å². The summed E-state index contributed by atoms with van der Waals surface area (Å²) in [6, 6.07) is 12.3. The number of rotatable bonds is 7. The molecular formula is C30H36FN7O3. The van der Waals surface area contributed by atoms with E-state index in [2.05, 4.69) is 25.1 Å². The maximum absolute atomic E-state index is 15.0. The average molecular weight is 562 g/mol. The van der Waals surface area contributed by atoms with Crippen molar-refractivity contribution >= 4 is 23.5 Å². The van der Waals surface area contributed by atoms with Crippen molar-refractivity contribution in [1.82, 2.24) is 29.6 Å². The van der Waals surface area contributed by atoms with E-state index in [0.29, 0.717) is 43.3 Å². The van der Waals surface area contributed by atoms with E-state index in [1.54, 1.807) is 28.2 Å². The lowest BCUT2D eigenvalue weighted by Gasteiger charge is -2.53. The molecule has 3 heterocycles. The fourth-order valence-corrected chi connectivity index (χ4v) is 5.58. The van der Waals surface area contributed by atoms with Crippen LogP contribution >= 0.6 is 0 Å². The number of anilines is 1. The zero-order chi connectivity index (χ0) is 29.3. The van der Waals surface area contributed by atoms with Crippen LogP contribution in [0.3, 0.4) is 0 Å². The second-order valence-electron chi connectivity index (χ2n) is 11.1. The maximum atomic E-state index is 15.0. The number of hydrogen-bond acceptors (Lipinski definition) is 5. The number of halogens is 1. The normalized spacial score (nSPS) is 15.5. The lowest BCUT2D eigenvalue weighted by Crippen LogP contribution is -2.56. The number of pyridine rings is 1. The Hall–Kier alpha value is -4.25. The van der Waals surface area contributed by atoms with E-state index in [-0.39, 0.29) is 28.9 Å². The van der Waals surface area contributed by atoms with Gasteiger partial charge in [-0.15, -0.1) is 0 Å². The molecule has 41 heavy (non-hydrogen) atoms. The Morgan fingerprint density at radius 2 is 1.73 bits per heavy atom. The SMILES string of the molecule is CN(C)C(=O)Nc1ccc(CNC(=O)c2ccc3n2CCN(Cc2ncc(C(=O)N(C)C)cc2F)C32CCC2)cc1. The van der Waals surface area contributed by atoms with Crippen LogP contribution in [0.1, 0.15) is 57.1 Å². The number of nitrogens with one attached hydrogen (secondary N) is 2. The van der Waals surface area contributed by atoms with E-state index in [1.807, 2.05) is 36.4 Å². The van der Waals surface area contributed by atoms with Gasteiger partial charge in [0.1, 0.15) is 11.5 Å². The second kappa shape index (κ2) is 11.3. The summed E-state index contributed by atoms with van der Waals surface area (Å²) in [7, 11) is 6.60. The van der Waals surface area contributed by atoms with Crippen LogP contribution in [0.15, 0.2) is 48.7 Å². The quantitative estimate of drug-likeness (QED) is 0.459. The van der Waals surface area contributed by atoms with Crippen molar-refractivity contribution < 1.29 is 18.8 Å². The first-order valence-corrected chi connectivity index (χ1v) is 13.8. The second-order valence-corrected chi connectivity index (χ2v) is 11.1. The van der Waals surface area contributed by atoms with Crippen molar-refractivity contribution in [2.75, 3.05) is 40.1 Å². The van der Waals surface area contributed by atoms with Crippen LogP contribution in [0.2, 0.25) is 0 Å². The highest BCUT2D eigenvalue weighted by atomic mass is 19.1. The molecule has 216 valence electrons. The first-order valence-electron chi connectivity index (χ1n) is 13.8. The van der Waals surface area contributed by atoms with Gasteiger partial charge < -0.3 is 25.0 Å². The molecule has 2 aliphatic rings. The Bertz CT molecular complexity index is 1460. The lowest BCUT2D eigenvalue weighted by molar-refractivity contribution is -0.0231. The summed E-state index contributed by atoms with van der Waals surface area (Å²) in [5, 5.41) is 5.81. The molecule has 4 amide bonds. The van der Waals surface area contributed by atoms with Gasteiger partial charge in [0.2, 0.25) is 0 Å². The van der Waals surface area contributed by atoms with Crippen LogP contribution < -0.4 is 10.6 Å². The van der Waals surface area contributed by atoms with Crippen molar-refractivity contribution in [2.24, 2.45) is 0 Å². The summed E-state index contributed by atoms with van der Waals surface area (Å²) >= 11 is 0. The van der Waals surface area contributed by atoms with E-state index in [9.17, 15) is 14.4 Å². The average Bonchev–Trinajstić information content (AvgIpc) is 3.36. The highest BCUT2D eigenvalue weighted by molar-refractivity contribution is 5.94. The molecule has 11 heteroatoms. The molecule has 0 bridgehead atoms. The molecule has 0 atom stereocenters. The monoisotopic (exact) mass is 561 g/mol. The number of hydrogen-bond donors (Lipinski definition) is 2. The van der Waals surface area contributed by atoms with Crippen molar-refractivity contribution in [3.05, 3.63) is 82.7 Å².